The van der Waals surface area contributed by atoms with Gasteiger partial charge in [0.15, 0.2) is 6.61 Å². The second-order valence-corrected chi connectivity index (χ2v) is 12.6. The molecular formula is C38H45N5O3. The topological polar surface area (TPSA) is 101 Å². The fourth-order valence-corrected chi connectivity index (χ4v) is 7.06. The molecule has 2 aliphatic rings. The lowest BCUT2D eigenvalue weighted by molar-refractivity contribution is -0.119. The Morgan fingerprint density at radius 3 is 2.30 bits per heavy atom. The van der Waals surface area contributed by atoms with Crippen LogP contribution in [0.2, 0.25) is 0 Å². The largest absolute Gasteiger partial charge is 0.484 e. The molecule has 46 heavy (non-hydrogen) atoms. The van der Waals surface area contributed by atoms with Crippen LogP contribution in [0.3, 0.4) is 0 Å². The van der Waals surface area contributed by atoms with E-state index in [0.717, 1.165) is 60.1 Å². The molecule has 2 saturated heterocycles. The number of piperidine rings is 2. The Kier molecular flexibility index (Phi) is 10.3. The van der Waals surface area contributed by atoms with Crippen LogP contribution in [0, 0.1) is 0 Å². The van der Waals surface area contributed by atoms with Gasteiger partial charge in [0.1, 0.15) is 5.75 Å². The summed E-state index contributed by atoms with van der Waals surface area (Å²) in [6.45, 7) is 6.88. The maximum Gasteiger partial charge on any atom is 0.255 e. The number of amides is 2. The third-order valence-corrected chi connectivity index (χ3v) is 9.48. The van der Waals surface area contributed by atoms with E-state index in [2.05, 4.69) is 34.2 Å². The molecular weight excluding hydrogens is 574 g/mol. The van der Waals surface area contributed by atoms with Crippen molar-refractivity contribution in [3.63, 3.8) is 0 Å². The van der Waals surface area contributed by atoms with Crippen LogP contribution < -0.4 is 15.8 Å². The summed E-state index contributed by atoms with van der Waals surface area (Å²) in [5.74, 6) is -0.194. The third kappa shape index (κ3) is 7.40. The summed E-state index contributed by atoms with van der Waals surface area (Å²) in [6.07, 6.45) is 6.98. The standard InChI is InChI=1S/C38H45N5O3/c1-2-33(27-12-6-3-7-13-27)41-38(45)36-31-17-16-30(46-26-35(39)44)24-34(31)40-37(28-14-8-4-9-15-28)32(36)25-42-22-18-29(19-23-42)43-20-10-5-11-21-43/h3-4,6-9,12-17,24,29,33H,2,5,10-11,18-23,25-26H2,1H3,(H2,39,44)(H,41,45)/t33-/m0/s1. The van der Waals surface area contributed by atoms with Crippen LogP contribution in [0.4, 0.5) is 0 Å². The Labute approximate surface area is 271 Å². The van der Waals surface area contributed by atoms with Gasteiger partial charge in [-0.2, -0.15) is 0 Å². The highest BCUT2D eigenvalue weighted by atomic mass is 16.5. The molecule has 1 aromatic heterocycles. The van der Waals surface area contributed by atoms with Crippen molar-refractivity contribution in [2.24, 2.45) is 5.73 Å². The molecule has 4 aromatic rings. The molecule has 6 rings (SSSR count). The van der Waals surface area contributed by atoms with Crippen LogP contribution in [-0.2, 0) is 11.3 Å². The zero-order valence-electron chi connectivity index (χ0n) is 26.8. The first kappa shape index (κ1) is 31.7. The van der Waals surface area contributed by atoms with Crippen LogP contribution in [0.5, 0.6) is 5.75 Å². The monoisotopic (exact) mass is 619 g/mol. The van der Waals surface area contributed by atoms with Gasteiger partial charge in [0, 0.05) is 35.2 Å². The van der Waals surface area contributed by atoms with Crippen molar-refractivity contribution in [3.05, 3.63) is 95.6 Å². The Hall–Kier alpha value is -4.27. The van der Waals surface area contributed by atoms with Gasteiger partial charge in [0.05, 0.1) is 22.8 Å². The predicted octanol–water partition coefficient (Wildman–Crippen LogP) is 6.10. The van der Waals surface area contributed by atoms with E-state index in [1.54, 1.807) is 12.1 Å². The van der Waals surface area contributed by atoms with Gasteiger partial charge in [-0.05, 0) is 76.0 Å². The number of pyridine rings is 1. The minimum absolute atomic E-state index is 0.121. The summed E-state index contributed by atoms with van der Waals surface area (Å²) in [6, 6.07) is 26.2. The Morgan fingerprint density at radius 1 is 0.935 bits per heavy atom. The van der Waals surface area contributed by atoms with Gasteiger partial charge in [0.25, 0.3) is 11.8 Å². The van der Waals surface area contributed by atoms with E-state index >= 15 is 0 Å². The average Bonchev–Trinajstić information content (AvgIpc) is 3.10. The number of nitrogens with one attached hydrogen (secondary N) is 1. The zero-order chi connectivity index (χ0) is 31.9. The number of likely N-dealkylation sites (tertiary alicyclic amines) is 2. The summed E-state index contributed by atoms with van der Waals surface area (Å²) in [4.78, 5) is 36.3. The summed E-state index contributed by atoms with van der Waals surface area (Å²) < 4.78 is 5.65. The molecule has 3 aromatic carbocycles. The lowest BCUT2D eigenvalue weighted by Crippen LogP contribution is -2.46. The van der Waals surface area contributed by atoms with Gasteiger partial charge in [-0.1, -0.05) is 74.0 Å². The number of nitrogens with two attached hydrogens (primary N) is 1. The van der Waals surface area contributed by atoms with Crippen LogP contribution >= 0.6 is 0 Å². The number of carbonyl (C=O) groups excluding carboxylic acids is 2. The second-order valence-electron chi connectivity index (χ2n) is 12.6. The van der Waals surface area contributed by atoms with Crippen LogP contribution in [0.25, 0.3) is 22.2 Å². The fourth-order valence-electron chi connectivity index (χ4n) is 7.06. The van der Waals surface area contributed by atoms with E-state index in [0.29, 0.717) is 29.4 Å². The van der Waals surface area contributed by atoms with Gasteiger partial charge in [-0.15, -0.1) is 0 Å². The van der Waals surface area contributed by atoms with E-state index in [9.17, 15) is 9.59 Å². The van der Waals surface area contributed by atoms with E-state index < -0.39 is 5.91 Å². The Balaban J connectivity index is 1.41. The molecule has 0 radical (unpaired) electrons. The maximum atomic E-state index is 14.5. The number of ether oxygens (including phenoxy) is 1. The lowest BCUT2D eigenvalue weighted by atomic mass is 9.93. The van der Waals surface area contributed by atoms with Gasteiger partial charge in [-0.25, -0.2) is 4.98 Å². The number of hydrogen-bond donors (Lipinski definition) is 2. The van der Waals surface area contributed by atoms with E-state index in [1.807, 2.05) is 54.6 Å². The van der Waals surface area contributed by atoms with Crippen molar-refractivity contribution >= 4 is 22.7 Å². The number of fused-ring (bicyclic) bond motifs is 1. The minimum Gasteiger partial charge on any atom is -0.484 e. The van der Waals surface area contributed by atoms with Crippen molar-refractivity contribution in [2.45, 2.75) is 64.1 Å². The first-order chi connectivity index (χ1) is 22.5. The van der Waals surface area contributed by atoms with Crippen LogP contribution in [-0.4, -0.2) is 65.4 Å². The predicted molar refractivity (Wildman–Crippen MR) is 183 cm³/mol. The molecule has 2 aliphatic heterocycles. The van der Waals surface area contributed by atoms with E-state index in [1.165, 1.54) is 32.4 Å². The molecule has 8 heteroatoms. The number of aromatic nitrogens is 1. The normalized spacial score (nSPS) is 17.1. The highest BCUT2D eigenvalue weighted by Gasteiger charge is 2.29. The van der Waals surface area contributed by atoms with Crippen molar-refractivity contribution < 1.29 is 14.3 Å². The molecule has 0 spiro atoms. The molecule has 3 N–H and O–H groups in total. The van der Waals surface area contributed by atoms with Gasteiger partial charge in [0.2, 0.25) is 0 Å². The van der Waals surface area contributed by atoms with Crippen molar-refractivity contribution in [1.82, 2.24) is 20.1 Å². The SMILES string of the molecule is CC[C@H](NC(=O)c1c(CN2CCC(N3CCCCC3)CC2)c(-c2ccccc2)nc2cc(OCC(N)=O)ccc12)c1ccccc1. The maximum absolute atomic E-state index is 14.5. The van der Waals surface area contributed by atoms with E-state index in [4.69, 9.17) is 15.5 Å². The Bertz CT molecular complexity index is 1630. The van der Waals surface area contributed by atoms with Gasteiger partial charge >= 0.3 is 0 Å². The van der Waals surface area contributed by atoms with Crippen LogP contribution in [0.1, 0.15) is 73.0 Å². The van der Waals surface area contributed by atoms with Gasteiger partial charge in [-0.3, -0.25) is 14.5 Å². The summed E-state index contributed by atoms with van der Waals surface area (Å²) in [5.41, 5.74) is 10.4. The highest BCUT2D eigenvalue weighted by Crippen LogP contribution is 2.34. The molecule has 0 unspecified atom stereocenters. The molecule has 2 amide bonds. The average molecular weight is 620 g/mol. The van der Waals surface area contributed by atoms with Crippen molar-refractivity contribution in [2.75, 3.05) is 32.8 Å². The number of primary amides is 1. The fraction of sp³-hybridized carbons (Fsp3) is 0.395. The summed E-state index contributed by atoms with van der Waals surface area (Å²) >= 11 is 0. The molecule has 1 atom stereocenters. The summed E-state index contributed by atoms with van der Waals surface area (Å²) in [5, 5.41) is 4.12. The molecule has 240 valence electrons. The van der Waals surface area contributed by atoms with E-state index in [-0.39, 0.29) is 18.6 Å². The number of rotatable bonds is 11. The molecule has 0 bridgehead atoms. The minimum atomic E-state index is -0.552. The molecule has 0 saturated carbocycles. The van der Waals surface area contributed by atoms with Crippen LogP contribution in [0.15, 0.2) is 78.9 Å². The molecule has 0 aliphatic carbocycles. The number of benzene rings is 3. The quantitative estimate of drug-likeness (QED) is 0.211. The number of carbonyl (C=O) groups is 2. The molecule has 2 fully saturated rings. The van der Waals surface area contributed by atoms with Crippen molar-refractivity contribution in [3.8, 4) is 17.0 Å². The third-order valence-electron chi connectivity index (χ3n) is 9.48. The Morgan fingerprint density at radius 2 is 1.63 bits per heavy atom. The highest BCUT2D eigenvalue weighted by molar-refractivity contribution is 6.09. The first-order valence-corrected chi connectivity index (χ1v) is 16.8. The zero-order valence-corrected chi connectivity index (χ0v) is 26.8. The number of hydrogen-bond acceptors (Lipinski definition) is 6. The summed E-state index contributed by atoms with van der Waals surface area (Å²) in [7, 11) is 0. The molecule has 8 nitrogen and oxygen atoms in total. The number of nitrogens with zero attached hydrogens (tertiary/aromatic N) is 3. The molecule has 3 heterocycles. The lowest BCUT2D eigenvalue weighted by Gasteiger charge is -2.40. The van der Waals surface area contributed by atoms with Crippen molar-refractivity contribution in [1.29, 1.82) is 0 Å². The smallest absolute Gasteiger partial charge is 0.255 e. The first-order valence-electron chi connectivity index (χ1n) is 16.8. The van der Waals surface area contributed by atoms with Gasteiger partial charge < -0.3 is 20.7 Å². The second kappa shape index (κ2) is 14.9.